The fourth-order valence-corrected chi connectivity index (χ4v) is 5.50. The highest BCUT2D eigenvalue weighted by Crippen LogP contribution is 2.28. The Morgan fingerprint density at radius 3 is 2.79 bits per heavy atom. The lowest BCUT2D eigenvalue weighted by molar-refractivity contribution is 0.152. The van der Waals surface area contributed by atoms with Crippen LogP contribution in [-0.4, -0.2) is 20.7 Å². The molecule has 0 aromatic rings. The lowest BCUT2D eigenvalue weighted by atomic mass is 10.4. The zero-order valence-electron chi connectivity index (χ0n) is 9.58. The first-order valence-electron chi connectivity index (χ1n) is 5.63. The molecule has 1 saturated heterocycles. The van der Waals surface area contributed by atoms with Crippen molar-refractivity contribution >= 4 is 8.32 Å². The molecule has 1 fully saturated rings. The maximum absolute atomic E-state index is 6.00. The first-order valence-corrected chi connectivity index (χ1v) is 8.33. The van der Waals surface area contributed by atoms with Crippen LogP contribution in [0.4, 0.5) is 0 Å². The Kier molecular flexibility index (Phi) is 4.68. The zero-order chi connectivity index (χ0) is 10.4. The van der Waals surface area contributed by atoms with Gasteiger partial charge in [0.15, 0.2) is 0 Å². The molecule has 82 valence electrons. The summed E-state index contributed by atoms with van der Waals surface area (Å²) >= 11 is 0. The van der Waals surface area contributed by atoms with E-state index in [4.69, 9.17) is 9.16 Å². The molecule has 2 nitrogen and oxygen atoms in total. The smallest absolute Gasteiger partial charge is 0.231 e. The van der Waals surface area contributed by atoms with Crippen molar-refractivity contribution in [3.05, 3.63) is 12.3 Å². The molecule has 0 N–H and O–H groups in total. The van der Waals surface area contributed by atoms with Crippen molar-refractivity contribution in [2.75, 3.05) is 6.61 Å². The summed E-state index contributed by atoms with van der Waals surface area (Å²) in [7, 11) is -1.58. The van der Waals surface area contributed by atoms with E-state index in [9.17, 15) is 0 Å². The molecule has 1 rings (SSSR count). The highest BCUT2D eigenvalue weighted by atomic mass is 28.4. The maximum Gasteiger partial charge on any atom is 0.231 e. The molecule has 0 radical (unpaired) electrons. The van der Waals surface area contributed by atoms with Gasteiger partial charge >= 0.3 is 0 Å². The monoisotopic (exact) mass is 214 g/mol. The Labute approximate surface area is 88.4 Å². The maximum atomic E-state index is 6.00. The van der Waals surface area contributed by atoms with Crippen molar-refractivity contribution in [1.29, 1.82) is 0 Å². The molecule has 0 aromatic carbocycles. The molecule has 2 atom stereocenters. The third-order valence-corrected chi connectivity index (χ3v) is 7.05. The van der Waals surface area contributed by atoms with Gasteiger partial charge in [-0.25, -0.2) is 0 Å². The Hall–Kier alpha value is -0.283. The minimum Gasteiger partial charge on any atom is -0.499 e. The summed E-state index contributed by atoms with van der Waals surface area (Å²) in [5, 5.41) is 0. The molecule has 0 saturated carbocycles. The average molecular weight is 214 g/mol. The van der Waals surface area contributed by atoms with Crippen molar-refractivity contribution in [2.45, 2.75) is 51.4 Å². The van der Waals surface area contributed by atoms with Gasteiger partial charge in [0.2, 0.25) is 8.32 Å². The molecule has 3 heteroatoms. The number of ether oxygens (including phenoxy) is 1. The van der Waals surface area contributed by atoms with Crippen LogP contribution >= 0.6 is 0 Å². The fraction of sp³-hybridized carbons (Fsp3) is 0.818. The molecule has 1 aliphatic heterocycles. The standard InChI is InChI=1S/C11H22O2Si/c1-4-8-12-11(5-2)14(3)10-7-6-9-13-14/h4,8,11H,5-7,9-10H2,1-3H3/b8-4-. The Balaban J connectivity index is 2.55. The predicted octanol–water partition coefficient (Wildman–Crippen LogP) is 3.24. The molecule has 1 aliphatic rings. The molecule has 2 unspecified atom stereocenters. The third kappa shape index (κ3) is 2.85. The lowest BCUT2D eigenvalue weighted by Gasteiger charge is -2.37. The summed E-state index contributed by atoms with van der Waals surface area (Å²) in [6, 6.07) is 1.25. The van der Waals surface area contributed by atoms with Crippen LogP contribution in [0.5, 0.6) is 0 Å². The average Bonchev–Trinajstić information content (AvgIpc) is 2.20. The number of hydrogen-bond acceptors (Lipinski definition) is 2. The molecular weight excluding hydrogens is 192 g/mol. The van der Waals surface area contributed by atoms with Gasteiger partial charge in [0, 0.05) is 6.61 Å². The quantitative estimate of drug-likeness (QED) is 0.528. The highest BCUT2D eigenvalue weighted by Gasteiger charge is 2.40. The second-order valence-electron chi connectivity index (χ2n) is 4.12. The van der Waals surface area contributed by atoms with E-state index in [1.54, 1.807) is 0 Å². The van der Waals surface area contributed by atoms with Crippen molar-refractivity contribution in [1.82, 2.24) is 0 Å². The van der Waals surface area contributed by atoms with E-state index in [-0.39, 0.29) is 0 Å². The molecule has 0 amide bonds. The van der Waals surface area contributed by atoms with Gasteiger partial charge in [0.25, 0.3) is 0 Å². The van der Waals surface area contributed by atoms with Crippen LogP contribution in [0.3, 0.4) is 0 Å². The van der Waals surface area contributed by atoms with E-state index >= 15 is 0 Å². The summed E-state index contributed by atoms with van der Waals surface area (Å²) in [4.78, 5) is 0. The van der Waals surface area contributed by atoms with Gasteiger partial charge in [-0.15, -0.1) is 0 Å². The van der Waals surface area contributed by atoms with Gasteiger partial charge in [-0.1, -0.05) is 19.4 Å². The Morgan fingerprint density at radius 2 is 2.29 bits per heavy atom. The predicted molar refractivity (Wildman–Crippen MR) is 61.6 cm³/mol. The van der Waals surface area contributed by atoms with Gasteiger partial charge in [-0.2, -0.15) is 0 Å². The largest absolute Gasteiger partial charge is 0.499 e. The normalized spacial score (nSPS) is 30.5. The Morgan fingerprint density at radius 1 is 1.50 bits per heavy atom. The van der Waals surface area contributed by atoms with E-state index < -0.39 is 8.32 Å². The first-order chi connectivity index (χ1) is 6.73. The van der Waals surface area contributed by atoms with Gasteiger partial charge in [0.05, 0.1) is 6.26 Å². The van der Waals surface area contributed by atoms with Crippen LogP contribution in [-0.2, 0) is 9.16 Å². The van der Waals surface area contributed by atoms with E-state index in [0.717, 1.165) is 13.0 Å². The second kappa shape index (κ2) is 5.56. The molecule has 1 heterocycles. The molecule has 0 bridgehead atoms. The fourth-order valence-electron chi connectivity index (χ4n) is 2.05. The topological polar surface area (TPSA) is 18.5 Å². The van der Waals surface area contributed by atoms with Crippen LogP contribution in [0.15, 0.2) is 12.3 Å². The van der Waals surface area contributed by atoms with Crippen molar-refractivity contribution in [3.63, 3.8) is 0 Å². The third-order valence-electron chi connectivity index (χ3n) is 2.93. The summed E-state index contributed by atoms with van der Waals surface area (Å²) in [5.74, 6) is 0. The van der Waals surface area contributed by atoms with E-state index in [0.29, 0.717) is 5.73 Å². The number of allylic oxidation sites excluding steroid dienone is 1. The number of hydrogen-bond donors (Lipinski definition) is 0. The zero-order valence-corrected chi connectivity index (χ0v) is 10.6. The molecule has 0 aromatic heterocycles. The first kappa shape index (κ1) is 11.8. The van der Waals surface area contributed by atoms with Crippen molar-refractivity contribution < 1.29 is 9.16 Å². The van der Waals surface area contributed by atoms with Crippen molar-refractivity contribution in [3.8, 4) is 0 Å². The minimum absolute atomic E-state index is 0.332. The second-order valence-corrected chi connectivity index (χ2v) is 8.18. The van der Waals surface area contributed by atoms with Crippen LogP contribution in [0, 0.1) is 0 Å². The number of rotatable bonds is 4. The minimum atomic E-state index is -1.58. The van der Waals surface area contributed by atoms with Crippen LogP contribution in [0.1, 0.15) is 33.1 Å². The van der Waals surface area contributed by atoms with Crippen molar-refractivity contribution in [2.24, 2.45) is 0 Å². The van der Waals surface area contributed by atoms with Gasteiger partial charge in [-0.3, -0.25) is 0 Å². The van der Waals surface area contributed by atoms with E-state index in [1.165, 1.54) is 18.9 Å². The summed E-state index contributed by atoms with van der Waals surface area (Å²) in [6.07, 6.45) is 7.36. The van der Waals surface area contributed by atoms with E-state index in [2.05, 4.69) is 13.5 Å². The lowest BCUT2D eigenvalue weighted by Crippen LogP contribution is -2.50. The highest BCUT2D eigenvalue weighted by molar-refractivity contribution is 6.73. The molecule has 0 spiro atoms. The molecule has 14 heavy (non-hydrogen) atoms. The molecule has 0 aliphatic carbocycles. The van der Waals surface area contributed by atoms with Crippen LogP contribution < -0.4 is 0 Å². The van der Waals surface area contributed by atoms with Gasteiger partial charge in [-0.05, 0) is 32.4 Å². The Bertz CT molecular complexity index is 186. The summed E-state index contributed by atoms with van der Waals surface area (Å²) in [5.41, 5.74) is 0.332. The van der Waals surface area contributed by atoms with Crippen LogP contribution in [0.2, 0.25) is 12.6 Å². The molecular formula is C11H22O2Si. The van der Waals surface area contributed by atoms with Gasteiger partial charge < -0.3 is 9.16 Å². The van der Waals surface area contributed by atoms with Crippen LogP contribution in [0.25, 0.3) is 0 Å². The van der Waals surface area contributed by atoms with E-state index in [1.807, 2.05) is 19.3 Å². The SMILES string of the molecule is C/C=C\OC(CC)[Si]1(C)CCCCO1. The summed E-state index contributed by atoms with van der Waals surface area (Å²) < 4.78 is 11.7. The van der Waals surface area contributed by atoms with Gasteiger partial charge in [0.1, 0.15) is 5.73 Å². The summed E-state index contributed by atoms with van der Waals surface area (Å²) in [6.45, 7) is 7.42.